The third-order valence-electron chi connectivity index (χ3n) is 1.38. The largest absolute Gasteiger partial charge is 0.447 e. The molecule has 0 aromatic rings. The number of ether oxygens (including phenoxy) is 1. The van der Waals surface area contributed by atoms with Crippen LogP contribution in [0.5, 0.6) is 0 Å². The van der Waals surface area contributed by atoms with Crippen LogP contribution in [-0.2, 0) is 14.1 Å². The Labute approximate surface area is 78.3 Å². The van der Waals surface area contributed by atoms with Crippen LogP contribution in [0.4, 0.5) is 0 Å². The number of esters is 1. The van der Waals surface area contributed by atoms with Crippen LogP contribution in [0, 0.1) is 11.3 Å². The van der Waals surface area contributed by atoms with Crippen molar-refractivity contribution in [3.05, 3.63) is 0 Å². The zero-order chi connectivity index (χ0) is 10.5. The minimum absolute atomic E-state index is 0.348. The molecule has 0 aromatic heterocycles. The van der Waals surface area contributed by atoms with Gasteiger partial charge in [0, 0.05) is 19.5 Å². The highest BCUT2D eigenvalue weighted by Gasteiger charge is 2.15. The summed E-state index contributed by atoms with van der Waals surface area (Å²) in [7, 11) is -2.12. The molecule has 74 valence electrons. The molecule has 1 unspecified atom stereocenters. The zero-order valence-corrected chi connectivity index (χ0v) is 9.01. The van der Waals surface area contributed by atoms with Crippen LogP contribution in [-0.4, -0.2) is 31.6 Å². The lowest BCUT2D eigenvalue weighted by Gasteiger charge is -2.10. The maximum atomic E-state index is 11.3. The van der Waals surface area contributed by atoms with E-state index in [0.29, 0.717) is 12.6 Å². The monoisotopic (exact) mass is 203 g/mol. The average Bonchev–Trinajstić information content (AvgIpc) is 1.95. The van der Waals surface area contributed by atoms with Crippen LogP contribution in [0.25, 0.3) is 0 Å². The minimum Gasteiger partial charge on any atom is -0.447 e. The molecule has 1 atom stereocenters. The molecule has 0 radical (unpaired) electrons. The number of carbonyl (C=O) groups excluding carboxylic acids is 1. The van der Waals surface area contributed by atoms with Crippen molar-refractivity contribution < 1.29 is 14.1 Å². The number of nitriles is 1. The molecule has 0 bridgehead atoms. The van der Waals surface area contributed by atoms with E-state index < -0.39 is 19.2 Å². The van der Waals surface area contributed by atoms with E-state index in [-0.39, 0.29) is 0 Å². The molecule has 0 amide bonds. The van der Waals surface area contributed by atoms with Crippen LogP contribution >= 0.6 is 7.14 Å². The van der Waals surface area contributed by atoms with Crippen molar-refractivity contribution in [1.29, 1.82) is 5.26 Å². The topological polar surface area (TPSA) is 67.2 Å². The number of hydrogen-bond donors (Lipinski definition) is 0. The SMILES string of the molecule is CC(=O)OC(C#N)CCP(C)(C)=O. The lowest BCUT2D eigenvalue weighted by atomic mass is 10.3. The highest BCUT2D eigenvalue weighted by Crippen LogP contribution is 2.36. The molecule has 13 heavy (non-hydrogen) atoms. The Hall–Kier alpha value is -0.810. The van der Waals surface area contributed by atoms with E-state index in [1.165, 1.54) is 6.92 Å². The van der Waals surface area contributed by atoms with Gasteiger partial charge in [-0.3, -0.25) is 4.79 Å². The predicted octanol–water partition coefficient (Wildman–Crippen LogP) is 1.45. The van der Waals surface area contributed by atoms with Crippen LogP contribution in [0.3, 0.4) is 0 Å². The number of rotatable bonds is 4. The molecule has 0 aliphatic heterocycles. The molecule has 0 rings (SSSR count). The van der Waals surface area contributed by atoms with E-state index in [2.05, 4.69) is 4.74 Å². The van der Waals surface area contributed by atoms with Crippen LogP contribution in [0.2, 0.25) is 0 Å². The number of carbonyl (C=O) groups is 1. The molecule has 5 heteroatoms. The van der Waals surface area contributed by atoms with Crippen LogP contribution in [0.1, 0.15) is 13.3 Å². The van der Waals surface area contributed by atoms with E-state index in [1.54, 1.807) is 13.3 Å². The van der Waals surface area contributed by atoms with Gasteiger partial charge in [-0.05, 0) is 13.3 Å². The summed E-state index contributed by atoms with van der Waals surface area (Å²) in [5.74, 6) is -0.478. The zero-order valence-electron chi connectivity index (χ0n) is 8.11. The fourth-order valence-electron chi connectivity index (χ4n) is 0.778. The third kappa shape index (κ3) is 7.55. The quantitative estimate of drug-likeness (QED) is 0.512. The second-order valence-corrected chi connectivity index (χ2v) is 6.91. The molecule has 0 aliphatic rings. The Balaban J connectivity index is 3.95. The first-order valence-electron chi connectivity index (χ1n) is 3.96. The Kier molecular flexibility index (Phi) is 4.72. The Bertz CT molecular complexity index is 263. The molecule has 0 heterocycles. The molecular formula is C8H14NO3P. The first kappa shape index (κ1) is 12.2. The molecule has 0 aliphatic carbocycles. The second-order valence-electron chi connectivity index (χ2n) is 3.31. The molecule has 0 fully saturated rings. The smallest absolute Gasteiger partial charge is 0.303 e. The van der Waals surface area contributed by atoms with Crippen molar-refractivity contribution in [2.24, 2.45) is 0 Å². The van der Waals surface area contributed by atoms with Gasteiger partial charge in [0.1, 0.15) is 6.07 Å². The van der Waals surface area contributed by atoms with Gasteiger partial charge in [-0.25, -0.2) is 0 Å². The van der Waals surface area contributed by atoms with E-state index in [0.717, 1.165) is 0 Å². The number of nitrogens with zero attached hydrogens (tertiary/aromatic N) is 1. The van der Waals surface area contributed by atoms with Gasteiger partial charge in [0.25, 0.3) is 0 Å². The van der Waals surface area contributed by atoms with E-state index in [9.17, 15) is 9.36 Å². The van der Waals surface area contributed by atoms with Crippen LogP contribution in [0.15, 0.2) is 0 Å². The van der Waals surface area contributed by atoms with Crippen molar-refractivity contribution >= 4 is 13.1 Å². The average molecular weight is 203 g/mol. The predicted molar refractivity (Wildman–Crippen MR) is 50.1 cm³/mol. The summed E-state index contributed by atoms with van der Waals surface area (Å²) < 4.78 is 15.9. The molecule has 0 N–H and O–H groups in total. The van der Waals surface area contributed by atoms with Crippen molar-refractivity contribution in [2.75, 3.05) is 19.5 Å². The van der Waals surface area contributed by atoms with Crippen molar-refractivity contribution in [1.82, 2.24) is 0 Å². The maximum absolute atomic E-state index is 11.3. The highest BCUT2D eigenvalue weighted by molar-refractivity contribution is 7.62. The summed E-state index contributed by atoms with van der Waals surface area (Å²) in [6, 6.07) is 1.84. The molecular weight excluding hydrogens is 189 g/mol. The lowest BCUT2D eigenvalue weighted by Crippen LogP contribution is -2.15. The van der Waals surface area contributed by atoms with Crippen molar-refractivity contribution in [3.8, 4) is 6.07 Å². The van der Waals surface area contributed by atoms with Gasteiger partial charge in [-0.1, -0.05) is 0 Å². The summed E-state index contributed by atoms with van der Waals surface area (Å²) in [6.45, 7) is 4.55. The lowest BCUT2D eigenvalue weighted by molar-refractivity contribution is -0.143. The summed E-state index contributed by atoms with van der Waals surface area (Å²) in [6.07, 6.45) is 0.0181. The fraction of sp³-hybridized carbons (Fsp3) is 0.750. The Morgan fingerprint density at radius 2 is 2.15 bits per heavy atom. The summed E-state index contributed by atoms with van der Waals surface area (Å²) in [4.78, 5) is 10.5. The third-order valence-corrected chi connectivity index (χ3v) is 2.72. The molecule has 0 spiro atoms. The van der Waals surface area contributed by atoms with Gasteiger partial charge in [0.2, 0.25) is 0 Å². The second kappa shape index (κ2) is 5.04. The molecule has 0 saturated heterocycles. The van der Waals surface area contributed by atoms with Crippen molar-refractivity contribution in [2.45, 2.75) is 19.4 Å². The Morgan fingerprint density at radius 3 is 2.46 bits per heavy atom. The molecule has 0 saturated carbocycles. The summed E-state index contributed by atoms with van der Waals surface area (Å²) in [5.41, 5.74) is 0. The first-order valence-corrected chi connectivity index (χ1v) is 6.74. The molecule has 0 aromatic carbocycles. The minimum atomic E-state index is -2.12. The first-order chi connectivity index (χ1) is 5.85. The fourth-order valence-corrected chi connectivity index (χ4v) is 1.63. The number of hydrogen-bond acceptors (Lipinski definition) is 4. The van der Waals surface area contributed by atoms with E-state index in [1.807, 2.05) is 6.07 Å². The summed E-state index contributed by atoms with van der Waals surface area (Å²) >= 11 is 0. The van der Waals surface area contributed by atoms with Crippen molar-refractivity contribution in [3.63, 3.8) is 0 Å². The summed E-state index contributed by atoms with van der Waals surface area (Å²) in [5, 5.41) is 8.55. The van der Waals surface area contributed by atoms with Gasteiger partial charge in [0.15, 0.2) is 6.10 Å². The molecule has 4 nitrogen and oxygen atoms in total. The van der Waals surface area contributed by atoms with Crippen LogP contribution < -0.4 is 0 Å². The maximum Gasteiger partial charge on any atom is 0.303 e. The highest BCUT2D eigenvalue weighted by atomic mass is 31.2. The Morgan fingerprint density at radius 1 is 1.62 bits per heavy atom. The van der Waals surface area contributed by atoms with E-state index >= 15 is 0 Å². The van der Waals surface area contributed by atoms with Gasteiger partial charge >= 0.3 is 5.97 Å². The van der Waals surface area contributed by atoms with E-state index in [4.69, 9.17) is 5.26 Å². The van der Waals surface area contributed by atoms with Gasteiger partial charge in [0.05, 0.1) is 7.14 Å². The van der Waals surface area contributed by atoms with Gasteiger partial charge < -0.3 is 9.30 Å². The normalized spacial score (nSPS) is 13.1. The van der Waals surface area contributed by atoms with Gasteiger partial charge in [-0.2, -0.15) is 5.26 Å². The standard InChI is InChI=1S/C8H14NO3P/c1-7(10)12-8(6-9)4-5-13(2,3)11/h8H,4-5H2,1-3H3. The van der Waals surface area contributed by atoms with Gasteiger partial charge in [-0.15, -0.1) is 0 Å².